The average Bonchev–Trinajstić information content (AvgIpc) is 3.96. The van der Waals surface area contributed by atoms with Crippen LogP contribution in [0.25, 0.3) is 22.5 Å². The number of nitrogens with zero attached hydrogens (tertiary/aromatic N) is 4. The molecule has 0 radical (unpaired) electrons. The van der Waals surface area contributed by atoms with Crippen molar-refractivity contribution in [2.24, 2.45) is 0 Å². The van der Waals surface area contributed by atoms with Gasteiger partial charge in [-0.1, -0.05) is 0 Å². The number of hydrogen-bond acceptors (Lipinski definition) is 9. The summed E-state index contributed by atoms with van der Waals surface area (Å²) in [6.45, 7) is 15.1. The van der Waals surface area contributed by atoms with Gasteiger partial charge in [0.15, 0.2) is 0 Å². The van der Waals surface area contributed by atoms with Gasteiger partial charge in [-0.3, -0.25) is 9.59 Å². The van der Waals surface area contributed by atoms with Gasteiger partial charge in [-0.2, -0.15) is 0 Å². The molecule has 4 atom stereocenters. The molecule has 4 N–H and O–H groups in total. The van der Waals surface area contributed by atoms with Crippen molar-refractivity contribution in [1.82, 2.24) is 40.4 Å². The molecule has 2 fully saturated rings. The number of H-pyrrole nitrogens is 2. The number of ether oxygens (including phenoxy) is 3. The highest BCUT2D eigenvalue weighted by molar-refractivity contribution is 5.86. The van der Waals surface area contributed by atoms with Gasteiger partial charge in [0.2, 0.25) is 11.8 Å². The summed E-state index contributed by atoms with van der Waals surface area (Å²) in [5, 5.41) is 5.31. The van der Waals surface area contributed by atoms with Crippen molar-refractivity contribution in [2.45, 2.75) is 116 Å². The number of likely N-dealkylation sites (tertiary alicyclic amines) is 2. The van der Waals surface area contributed by atoms with E-state index in [1.54, 1.807) is 77.6 Å². The Hall–Kier alpha value is -5.86. The average molecular weight is 783 g/mol. The van der Waals surface area contributed by atoms with E-state index in [9.17, 15) is 19.2 Å². The number of hydrogen-bond donors (Lipinski definition) is 4. The molecule has 0 saturated carbocycles. The summed E-state index contributed by atoms with van der Waals surface area (Å²) >= 11 is 0. The third kappa shape index (κ3) is 10.3. The van der Waals surface area contributed by atoms with E-state index in [2.05, 4.69) is 30.6 Å². The maximum Gasteiger partial charge on any atom is 0.408 e. The van der Waals surface area contributed by atoms with Gasteiger partial charge in [-0.25, -0.2) is 19.6 Å². The van der Waals surface area contributed by atoms with E-state index in [4.69, 9.17) is 14.2 Å². The molecule has 0 bridgehead atoms. The quantitative estimate of drug-likeness (QED) is 0.127. The Kier molecular flexibility index (Phi) is 12.0. The second-order valence-corrected chi connectivity index (χ2v) is 16.6. The minimum Gasteiger partial charge on any atom is -0.457 e. The lowest BCUT2D eigenvalue weighted by Gasteiger charge is -2.27. The first-order chi connectivity index (χ1) is 26.9. The molecule has 2 aromatic heterocycles. The zero-order chi connectivity index (χ0) is 41.1. The van der Waals surface area contributed by atoms with Gasteiger partial charge in [0, 0.05) is 13.1 Å². The smallest absolute Gasteiger partial charge is 0.408 e. The second kappa shape index (κ2) is 16.7. The van der Waals surface area contributed by atoms with Crippen molar-refractivity contribution in [1.29, 1.82) is 0 Å². The topological polar surface area (TPSA) is 184 Å². The molecular weight excluding hydrogens is 729 g/mol. The summed E-state index contributed by atoms with van der Waals surface area (Å²) in [7, 11) is 0. The zero-order valence-electron chi connectivity index (χ0n) is 34.0. The molecular formula is C42H54N8O7. The van der Waals surface area contributed by atoms with Gasteiger partial charge in [0.05, 0.1) is 35.9 Å². The van der Waals surface area contributed by atoms with Gasteiger partial charge in [-0.15, -0.1) is 0 Å². The normalized spacial score (nSPS) is 18.2. The summed E-state index contributed by atoms with van der Waals surface area (Å²) in [6, 6.07) is 13.4. The standard InChI is InChI=1S/C42H54N8O7/c1-25(45-39(53)56-41(3,4)5)37(51)49-21-9-11-33(49)35-43-23-31(47-35)27-13-17-29(18-14-27)55-30-19-15-28(16-20-30)32-24-44-36(48-32)34-12-10-22-50(34)38(52)26(2)46-40(54)57-42(6,7)8/h13-20,23-26,33-34H,9-12,21-22H2,1-8H3,(H,43,47)(H,44,48)(H,45,53)(H,46,54)/t25-,26-,33+,34+/m1/s1. The van der Waals surface area contributed by atoms with Crippen LogP contribution in [0.3, 0.4) is 0 Å². The van der Waals surface area contributed by atoms with E-state index < -0.39 is 35.5 Å². The molecule has 15 heteroatoms. The van der Waals surface area contributed by atoms with Crippen LogP contribution in [0.4, 0.5) is 9.59 Å². The van der Waals surface area contributed by atoms with Gasteiger partial charge < -0.3 is 44.6 Å². The number of aromatic amines is 2. The SMILES string of the molecule is C[C@@H](NC(=O)OC(C)(C)C)C(=O)N1CCC[C@H]1c1ncc(-c2ccc(Oc3ccc(-c4cnc([C@@H]5CCCN5C(=O)[C@@H](C)NC(=O)OC(C)(C)C)[nH]4)cc3)cc2)[nH]1. The monoisotopic (exact) mass is 782 g/mol. The number of alkyl carbamates (subject to hydrolysis) is 2. The fourth-order valence-electron chi connectivity index (χ4n) is 7.07. The Labute approximate surface area is 333 Å². The van der Waals surface area contributed by atoms with E-state index in [0.717, 1.165) is 48.2 Å². The number of carbonyl (C=O) groups excluding carboxylic acids is 4. The van der Waals surface area contributed by atoms with Gasteiger partial charge in [0.25, 0.3) is 0 Å². The van der Waals surface area contributed by atoms with Crippen molar-refractivity contribution >= 4 is 24.0 Å². The van der Waals surface area contributed by atoms with Crippen molar-refractivity contribution in [3.63, 3.8) is 0 Å². The third-order valence-electron chi connectivity index (χ3n) is 9.67. The number of benzene rings is 2. The predicted octanol–water partition coefficient (Wildman–Crippen LogP) is 7.41. The number of rotatable bonds is 10. The lowest BCUT2D eigenvalue weighted by atomic mass is 10.1. The molecule has 0 aliphatic carbocycles. The molecule has 6 rings (SSSR count). The van der Waals surface area contributed by atoms with Crippen LogP contribution in [0.15, 0.2) is 60.9 Å². The summed E-state index contributed by atoms with van der Waals surface area (Å²) in [4.78, 5) is 70.7. The van der Waals surface area contributed by atoms with Crippen molar-refractivity contribution in [3.8, 4) is 34.0 Å². The van der Waals surface area contributed by atoms with E-state index in [1.807, 2.05) is 48.5 Å². The van der Waals surface area contributed by atoms with E-state index in [0.29, 0.717) is 36.2 Å². The number of amides is 4. The second-order valence-electron chi connectivity index (χ2n) is 16.6. The Balaban J connectivity index is 1.03. The lowest BCUT2D eigenvalue weighted by Crippen LogP contribution is -2.48. The zero-order valence-corrected chi connectivity index (χ0v) is 34.0. The molecule has 0 spiro atoms. The van der Waals surface area contributed by atoms with Crippen LogP contribution in [0, 0.1) is 0 Å². The maximum atomic E-state index is 13.3. The van der Waals surface area contributed by atoms with Crippen LogP contribution in [0.5, 0.6) is 11.5 Å². The number of nitrogens with one attached hydrogen (secondary N) is 4. The number of aromatic nitrogens is 4. The highest BCUT2D eigenvalue weighted by Gasteiger charge is 2.36. The highest BCUT2D eigenvalue weighted by Crippen LogP contribution is 2.34. The van der Waals surface area contributed by atoms with E-state index >= 15 is 0 Å². The molecule has 304 valence electrons. The fourth-order valence-corrected chi connectivity index (χ4v) is 7.07. The molecule has 4 amide bonds. The maximum absolute atomic E-state index is 13.3. The van der Waals surface area contributed by atoms with Crippen LogP contribution in [0.1, 0.15) is 105 Å². The van der Waals surface area contributed by atoms with Crippen LogP contribution >= 0.6 is 0 Å². The first-order valence-electron chi connectivity index (χ1n) is 19.5. The number of imidazole rings is 2. The van der Waals surface area contributed by atoms with Crippen LogP contribution in [-0.4, -0.2) is 90.1 Å². The lowest BCUT2D eigenvalue weighted by molar-refractivity contribution is -0.134. The summed E-state index contributed by atoms with van der Waals surface area (Å²) < 4.78 is 16.8. The van der Waals surface area contributed by atoms with Crippen molar-refractivity contribution in [2.75, 3.05) is 13.1 Å². The highest BCUT2D eigenvalue weighted by atomic mass is 16.6. The number of carbonyl (C=O) groups is 4. The van der Waals surface area contributed by atoms with E-state index in [1.165, 1.54) is 0 Å². The van der Waals surface area contributed by atoms with Gasteiger partial charge in [-0.05, 0) is 141 Å². The van der Waals surface area contributed by atoms with E-state index in [-0.39, 0.29) is 23.9 Å². The minimum absolute atomic E-state index is 0.184. The van der Waals surface area contributed by atoms with Gasteiger partial charge in [0.1, 0.15) is 46.4 Å². The molecule has 57 heavy (non-hydrogen) atoms. The Morgan fingerprint density at radius 1 is 0.649 bits per heavy atom. The molecule has 4 heterocycles. The largest absolute Gasteiger partial charge is 0.457 e. The van der Waals surface area contributed by atoms with Crippen LogP contribution in [0.2, 0.25) is 0 Å². The molecule has 2 aromatic carbocycles. The summed E-state index contributed by atoms with van der Waals surface area (Å²) in [5.41, 5.74) is 2.14. The third-order valence-corrected chi connectivity index (χ3v) is 9.67. The molecule has 2 saturated heterocycles. The minimum atomic E-state index is -0.740. The summed E-state index contributed by atoms with van der Waals surface area (Å²) in [5.74, 6) is 2.35. The Morgan fingerprint density at radius 2 is 1.02 bits per heavy atom. The van der Waals surface area contributed by atoms with Crippen molar-refractivity contribution < 1.29 is 33.4 Å². The fraction of sp³-hybridized carbons (Fsp3) is 0.476. The van der Waals surface area contributed by atoms with Crippen LogP contribution < -0.4 is 15.4 Å². The molecule has 4 aromatic rings. The summed E-state index contributed by atoms with van der Waals surface area (Å²) in [6.07, 6.45) is 5.47. The first kappa shape index (κ1) is 40.8. The molecule has 2 aliphatic rings. The molecule has 2 aliphatic heterocycles. The van der Waals surface area contributed by atoms with Crippen LogP contribution in [-0.2, 0) is 19.1 Å². The molecule has 15 nitrogen and oxygen atoms in total. The Bertz CT molecular complexity index is 1900. The van der Waals surface area contributed by atoms with Crippen molar-refractivity contribution in [3.05, 3.63) is 72.6 Å². The Morgan fingerprint density at radius 3 is 1.37 bits per heavy atom. The first-order valence-corrected chi connectivity index (χ1v) is 19.5. The predicted molar refractivity (Wildman–Crippen MR) is 213 cm³/mol. The van der Waals surface area contributed by atoms with Gasteiger partial charge >= 0.3 is 12.2 Å². The molecule has 0 unspecified atom stereocenters.